The molecule has 2 aromatic rings. The number of ether oxygens (including phenoxy) is 1. The fourth-order valence-electron chi connectivity index (χ4n) is 3.14. The van der Waals surface area contributed by atoms with Gasteiger partial charge < -0.3 is 4.74 Å². The summed E-state index contributed by atoms with van der Waals surface area (Å²) in [6.07, 6.45) is 0.431. The van der Waals surface area contributed by atoms with E-state index in [1.165, 1.54) is 18.3 Å². The van der Waals surface area contributed by atoms with Gasteiger partial charge in [-0.05, 0) is 24.4 Å². The first kappa shape index (κ1) is 16.5. The number of hydrogen-bond acceptors (Lipinski definition) is 6. The van der Waals surface area contributed by atoms with Gasteiger partial charge in [0.15, 0.2) is 11.6 Å². The van der Waals surface area contributed by atoms with Crippen molar-refractivity contribution in [2.24, 2.45) is 5.92 Å². The van der Waals surface area contributed by atoms with Gasteiger partial charge in [-0.15, -0.1) is 11.3 Å². The van der Waals surface area contributed by atoms with E-state index in [1.807, 2.05) is 23.6 Å². The molecule has 0 aromatic carbocycles. The first-order chi connectivity index (χ1) is 11.5. The van der Waals surface area contributed by atoms with E-state index in [2.05, 4.69) is 4.98 Å². The van der Waals surface area contributed by atoms with Crippen molar-refractivity contribution < 1.29 is 19.1 Å². The van der Waals surface area contributed by atoms with Crippen LogP contribution in [0, 0.1) is 5.92 Å². The number of pyridine rings is 1. The average Bonchev–Trinajstić information content (AvgIpc) is 3.03. The number of thiophene rings is 1. The molecule has 2 aromatic heterocycles. The topological polar surface area (TPSA) is 73.3 Å². The Morgan fingerprint density at radius 3 is 2.54 bits per heavy atom. The number of carbonyl (C=O) groups excluding carboxylic acids is 3. The Labute approximate surface area is 143 Å². The van der Waals surface area contributed by atoms with Crippen molar-refractivity contribution in [1.82, 2.24) is 4.98 Å². The lowest BCUT2D eigenvalue weighted by Crippen LogP contribution is -2.36. The van der Waals surface area contributed by atoms with E-state index < -0.39 is 5.92 Å². The van der Waals surface area contributed by atoms with Gasteiger partial charge in [0.05, 0.1) is 12.8 Å². The highest BCUT2D eigenvalue weighted by Gasteiger charge is 2.39. The van der Waals surface area contributed by atoms with Crippen LogP contribution in [0.4, 0.5) is 0 Å². The third-order valence-electron chi connectivity index (χ3n) is 4.22. The number of Topliss-reactive ketones (excluding diaryl/α,β-unsaturated/α-hetero) is 3. The summed E-state index contributed by atoms with van der Waals surface area (Å²) in [6, 6.07) is 7.43. The largest absolute Gasteiger partial charge is 0.481 e. The normalized spacial score (nSPS) is 20.9. The molecule has 5 nitrogen and oxygen atoms in total. The van der Waals surface area contributed by atoms with Gasteiger partial charge in [-0.25, -0.2) is 4.98 Å². The molecule has 0 bridgehead atoms. The standard InChI is InChI=1S/C18H17NO4S/c1-10(20)17-14(21)8-11(9-15(17)22)18-12(6-7-24-18)13-4-3-5-16(19-13)23-2/h3-7,11,17H,8-9H2,1-2H3. The summed E-state index contributed by atoms with van der Waals surface area (Å²) in [6.45, 7) is 1.30. The SMILES string of the molecule is COc1cccc(-c2ccsc2C2CC(=O)C(C(C)=O)C(=O)C2)n1. The zero-order valence-electron chi connectivity index (χ0n) is 13.4. The average molecular weight is 343 g/mol. The van der Waals surface area contributed by atoms with E-state index in [-0.39, 0.29) is 36.1 Å². The molecule has 1 saturated carbocycles. The van der Waals surface area contributed by atoms with Crippen molar-refractivity contribution in [3.8, 4) is 17.1 Å². The number of aromatic nitrogens is 1. The van der Waals surface area contributed by atoms with Gasteiger partial charge >= 0.3 is 0 Å². The number of carbonyl (C=O) groups is 3. The number of methoxy groups -OCH3 is 1. The second-order valence-electron chi connectivity index (χ2n) is 5.85. The molecule has 1 fully saturated rings. The molecule has 0 aliphatic heterocycles. The molecular weight excluding hydrogens is 326 g/mol. The predicted molar refractivity (Wildman–Crippen MR) is 90.3 cm³/mol. The van der Waals surface area contributed by atoms with Crippen LogP contribution < -0.4 is 4.74 Å². The fourth-order valence-corrected chi connectivity index (χ4v) is 4.15. The number of rotatable bonds is 4. The second kappa shape index (κ2) is 6.65. The summed E-state index contributed by atoms with van der Waals surface area (Å²) in [4.78, 5) is 41.4. The van der Waals surface area contributed by atoms with Gasteiger partial charge in [-0.2, -0.15) is 0 Å². The number of ketones is 3. The molecule has 124 valence electrons. The Morgan fingerprint density at radius 2 is 1.92 bits per heavy atom. The maximum atomic E-state index is 12.2. The Morgan fingerprint density at radius 1 is 1.21 bits per heavy atom. The summed E-state index contributed by atoms with van der Waals surface area (Å²) >= 11 is 1.51. The molecule has 0 unspecified atom stereocenters. The Bertz CT molecular complexity index is 793. The maximum absolute atomic E-state index is 12.2. The Kier molecular flexibility index (Phi) is 4.57. The van der Waals surface area contributed by atoms with Crippen LogP contribution >= 0.6 is 11.3 Å². The second-order valence-corrected chi connectivity index (χ2v) is 6.79. The molecule has 0 atom stereocenters. The quantitative estimate of drug-likeness (QED) is 0.798. The molecule has 0 radical (unpaired) electrons. The first-order valence-corrected chi connectivity index (χ1v) is 8.54. The van der Waals surface area contributed by atoms with Crippen molar-refractivity contribution in [1.29, 1.82) is 0 Å². The minimum atomic E-state index is -1.07. The molecule has 0 amide bonds. The third-order valence-corrected chi connectivity index (χ3v) is 5.30. The Balaban J connectivity index is 1.92. The summed E-state index contributed by atoms with van der Waals surface area (Å²) in [7, 11) is 1.56. The summed E-state index contributed by atoms with van der Waals surface area (Å²) < 4.78 is 5.16. The monoisotopic (exact) mass is 343 g/mol. The summed E-state index contributed by atoms with van der Waals surface area (Å²) in [5.74, 6) is -1.66. The van der Waals surface area contributed by atoms with E-state index >= 15 is 0 Å². The lowest BCUT2D eigenvalue weighted by atomic mass is 9.77. The van der Waals surface area contributed by atoms with E-state index in [0.29, 0.717) is 5.88 Å². The molecule has 2 heterocycles. The number of hydrogen-bond donors (Lipinski definition) is 0. The van der Waals surface area contributed by atoms with Crippen molar-refractivity contribution in [2.45, 2.75) is 25.7 Å². The molecule has 0 saturated heterocycles. The van der Waals surface area contributed by atoms with Gasteiger partial charge in [-0.1, -0.05) is 6.07 Å². The number of nitrogens with zero attached hydrogens (tertiary/aromatic N) is 1. The highest BCUT2D eigenvalue weighted by molar-refractivity contribution is 7.10. The lowest BCUT2D eigenvalue weighted by Gasteiger charge is -2.25. The minimum Gasteiger partial charge on any atom is -0.481 e. The van der Waals surface area contributed by atoms with E-state index in [4.69, 9.17) is 4.74 Å². The van der Waals surface area contributed by atoms with Gasteiger partial charge in [0.1, 0.15) is 11.7 Å². The molecule has 1 aliphatic rings. The van der Waals surface area contributed by atoms with Crippen molar-refractivity contribution in [2.75, 3.05) is 7.11 Å². The van der Waals surface area contributed by atoms with Crippen molar-refractivity contribution in [3.63, 3.8) is 0 Å². The summed E-state index contributed by atoms with van der Waals surface area (Å²) in [5.41, 5.74) is 1.66. The molecule has 1 aliphatic carbocycles. The smallest absolute Gasteiger partial charge is 0.213 e. The van der Waals surface area contributed by atoms with Gasteiger partial charge in [0.2, 0.25) is 5.88 Å². The van der Waals surface area contributed by atoms with Crippen LogP contribution in [0.25, 0.3) is 11.3 Å². The van der Waals surface area contributed by atoms with E-state index in [9.17, 15) is 14.4 Å². The van der Waals surface area contributed by atoms with Crippen LogP contribution in [0.15, 0.2) is 29.6 Å². The minimum absolute atomic E-state index is 0.191. The van der Waals surface area contributed by atoms with Gasteiger partial charge in [0.25, 0.3) is 0 Å². The third kappa shape index (κ3) is 3.01. The van der Waals surface area contributed by atoms with Crippen LogP contribution in [-0.4, -0.2) is 29.4 Å². The molecule has 0 N–H and O–H groups in total. The van der Waals surface area contributed by atoms with Crippen molar-refractivity contribution >= 4 is 28.7 Å². The van der Waals surface area contributed by atoms with Crippen LogP contribution in [-0.2, 0) is 14.4 Å². The van der Waals surface area contributed by atoms with Crippen molar-refractivity contribution in [3.05, 3.63) is 34.5 Å². The predicted octanol–water partition coefficient (Wildman–Crippen LogP) is 3.04. The van der Waals surface area contributed by atoms with Crippen LogP contribution in [0.1, 0.15) is 30.6 Å². The van der Waals surface area contributed by atoms with Gasteiger partial charge in [-0.3, -0.25) is 14.4 Å². The highest BCUT2D eigenvalue weighted by atomic mass is 32.1. The van der Waals surface area contributed by atoms with Gasteiger partial charge in [0, 0.05) is 35.3 Å². The Hall–Kier alpha value is -2.34. The van der Waals surface area contributed by atoms with E-state index in [0.717, 1.165) is 16.1 Å². The molecule has 6 heteroatoms. The fraction of sp³-hybridized carbons (Fsp3) is 0.333. The zero-order valence-corrected chi connectivity index (χ0v) is 14.3. The maximum Gasteiger partial charge on any atom is 0.213 e. The highest BCUT2D eigenvalue weighted by Crippen LogP contribution is 2.40. The molecule has 0 spiro atoms. The first-order valence-electron chi connectivity index (χ1n) is 7.66. The zero-order chi connectivity index (χ0) is 17.3. The van der Waals surface area contributed by atoms with Crippen LogP contribution in [0.5, 0.6) is 5.88 Å². The molecule has 24 heavy (non-hydrogen) atoms. The molecular formula is C18H17NO4S. The lowest BCUT2D eigenvalue weighted by molar-refractivity contribution is -0.141. The van der Waals surface area contributed by atoms with Crippen LogP contribution in [0.3, 0.4) is 0 Å². The molecule has 3 rings (SSSR count). The summed E-state index contributed by atoms with van der Waals surface area (Å²) in [5, 5.41) is 1.93. The van der Waals surface area contributed by atoms with Crippen LogP contribution in [0.2, 0.25) is 0 Å². The van der Waals surface area contributed by atoms with E-state index in [1.54, 1.807) is 13.2 Å².